The lowest BCUT2D eigenvalue weighted by atomic mass is 10.1. The van der Waals surface area contributed by atoms with Gasteiger partial charge in [-0.15, -0.1) is 11.8 Å². The molecule has 0 saturated heterocycles. The second kappa shape index (κ2) is 9.64. The van der Waals surface area contributed by atoms with Crippen LogP contribution in [0.15, 0.2) is 29.3 Å². The maximum absolute atomic E-state index is 12.8. The minimum absolute atomic E-state index is 0.151. The molecule has 0 unspecified atom stereocenters. The van der Waals surface area contributed by atoms with Gasteiger partial charge in [-0.2, -0.15) is 0 Å². The van der Waals surface area contributed by atoms with Crippen LogP contribution in [-0.4, -0.2) is 44.3 Å². The van der Waals surface area contributed by atoms with Gasteiger partial charge in [0, 0.05) is 28.4 Å². The fraction of sp³-hybridized carbons (Fsp3) is 0.450. The molecule has 28 heavy (non-hydrogen) atoms. The number of hydrogen-bond acceptors (Lipinski definition) is 4. The number of aliphatic carboxylic acids is 2. The standard InChI is InChI=1S/C20H26N2O5S/c1-11(2)9-15(19(25)22-14(20(26)27)7-8-17(23)24)28-16-10-21-13-6-4-5-12(3)18(13)16/h4-6,10-11,14-15,21H,7-9H2,1-3H3,(H,22,25)(H,23,24)(H,26,27)/t14-,15+/m0/s1. The van der Waals surface area contributed by atoms with Crippen LogP contribution in [0.1, 0.15) is 38.7 Å². The van der Waals surface area contributed by atoms with E-state index in [0.29, 0.717) is 6.42 Å². The van der Waals surface area contributed by atoms with Gasteiger partial charge in [0.25, 0.3) is 0 Å². The molecule has 0 aliphatic carbocycles. The van der Waals surface area contributed by atoms with Crippen molar-refractivity contribution in [2.45, 2.75) is 56.2 Å². The number of hydrogen-bond donors (Lipinski definition) is 4. The fourth-order valence-corrected chi connectivity index (χ4v) is 4.48. The van der Waals surface area contributed by atoms with Crippen LogP contribution in [0, 0.1) is 12.8 Å². The molecule has 7 nitrogen and oxygen atoms in total. The second-order valence-electron chi connectivity index (χ2n) is 7.22. The van der Waals surface area contributed by atoms with Crippen LogP contribution in [-0.2, 0) is 14.4 Å². The summed E-state index contributed by atoms with van der Waals surface area (Å²) in [7, 11) is 0. The van der Waals surface area contributed by atoms with Gasteiger partial charge in [-0.3, -0.25) is 9.59 Å². The monoisotopic (exact) mass is 406 g/mol. The highest BCUT2D eigenvalue weighted by Gasteiger charge is 2.28. The molecule has 1 aromatic carbocycles. The lowest BCUT2D eigenvalue weighted by molar-refractivity contribution is -0.143. The summed E-state index contributed by atoms with van der Waals surface area (Å²) in [6.07, 6.45) is 1.96. The lowest BCUT2D eigenvalue weighted by Crippen LogP contribution is -2.45. The third-order valence-corrected chi connectivity index (χ3v) is 5.65. The number of carbonyl (C=O) groups is 3. The molecule has 0 fully saturated rings. The quantitative estimate of drug-likeness (QED) is 0.449. The summed E-state index contributed by atoms with van der Waals surface area (Å²) in [6.45, 7) is 6.00. The van der Waals surface area contributed by atoms with Crippen LogP contribution in [0.4, 0.5) is 0 Å². The molecule has 1 amide bonds. The number of fused-ring (bicyclic) bond motifs is 1. The Bertz CT molecular complexity index is 861. The Hall–Kier alpha value is -2.48. The van der Waals surface area contributed by atoms with Gasteiger partial charge < -0.3 is 20.5 Å². The summed E-state index contributed by atoms with van der Waals surface area (Å²) < 4.78 is 0. The largest absolute Gasteiger partial charge is 0.481 e. The number of rotatable bonds is 10. The highest BCUT2D eigenvalue weighted by molar-refractivity contribution is 8.00. The van der Waals surface area contributed by atoms with E-state index in [0.717, 1.165) is 21.4 Å². The maximum atomic E-state index is 12.8. The van der Waals surface area contributed by atoms with Crippen LogP contribution in [0.2, 0.25) is 0 Å². The van der Waals surface area contributed by atoms with E-state index >= 15 is 0 Å². The molecule has 4 N–H and O–H groups in total. The molecule has 0 saturated carbocycles. The predicted octanol–water partition coefficient (Wildman–Crippen LogP) is 3.42. The van der Waals surface area contributed by atoms with Crippen LogP contribution >= 0.6 is 11.8 Å². The third kappa shape index (κ3) is 5.76. The molecule has 0 bridgehead atoms. The first-order valence-electron chi connectivity index (χ1n) is 9.17. The minimum atomic E-state index is -1.23. The molecule has 2 aromatic rings. The van der Waals surface area contributed by atoms with Crippen molar-refractivity contribution >= 4 is 40.5 Å². The van der Waals surface area contributed by atoms with Crippen molar-refractivity contribution in [3.05, 3.63) is 30.0 Å². The van der Waals surface area contributed by atoms with E-state index in [2.05, 4.69) is 10.3 Å². The summed E-state index contributed by atoms with van der Waals surface area (Å²) in [5.74, 6) is -2.48. The smallest absolute Gasteiger partial charge is 0.326 e. The number of H-pyrrole nitrogens is 1. The Morgan fingerprint density at radius 3 is 2.54 bits per heavy atom. The Kier molecular flexibility index (Phi) is 7.51. The summed E-state index contributed by atoms with van der Waals surface area (Å²) in [5, 5.41) is 21.2. The van der Waals surface area contributed by atoms with E-state index in [9.17, 15) is 19.5 Å². The van der Waals surface area contributed by atoms with Crippen molar-refractivity contribution in [3.63, 3.8) is 0 Å². The molecule has 1 aromatic heterocycles. The van der Waals surface area contributed by atoms with Crippen LogP contribution in [0.25, 0.3) is 10.9 Å². The zero-order chi connectivity index (χ0) is 20.8. The average molecular weight is 407 g/mol. The molecule has 0 spiro atoms. The van der Waals surface area contributed by atoms with Gasteiger partial charge in [-0.1, -0.05) is 26.0 Å². The second-order valence-corrected chi connectivity index (χ2v) is 8.46. The first-order valence-corrected chi connectivity index (χ1v) is 10.0. The Labute approximate surface area is 167 Å². The van der Waals surface area contributed by atoms with Crippen LogP contribution in [0.3, 0.4) is 0 Å². The van der Waals surface area contributed by atoms with Gasteiger partial charge in [0.2, 0.25) is 5.91 Å². The number of carboxylic acids is 2. The van der Waals surface area contributed by atoms with E-state index in [1.54, 1.807) is 0 Å². The highest BCUT2D eigenvalue weighted by atomic mass is 32.2. The number of aromatic nitrogens is 1. The number of amides is 1. The predicted molar refractivity (Wildman–Crippen MR) is 109 cm³/mol. The number of thioether (sulfide) groups is 1. The summed E-state index contributed by atoms with van der Waals surface area (Å²) in [4.78, 5) is 39.1. The molecule has 152 valence electrons. The SMILES string of the molecule is Cc1cccc2[nH]cc(S[C@H](CC(C)C)C(=O)N[C@@H](CCC(=O)O)C(=O)O)c12. The Morgan fingerprint density at radius 1 is 1.21 bits per heavy atom. The van der Waals surface area contributed by atoms with Crippen molar-refractivity contribution in [1.82, 2.24) is 10.3 Å². The first kappa shape index (κ1) is 21.8. The average Bonchev–Trinajstić information content (AvgIpc) is 3.01. The van der Waals surface area contributed by atoms with E-state index in [-0.39, 0.29) is 24.7 Å². The van der Waals surface area contributed by atoms with E-state index in [1.807, 2.05) is 45.2 Å². The van der Waals surface area contributed by atoms with Crippen LogP contribution in [0.5, 0.6) is 0 Å². The van der Waals surface area contributed by atoms with Crippen molar-refractivity contribution in [2.24, 2.45) is 5.92 Å². The van der Waals surface area contributed by atoms with Gasteiger partial charge in [0.15, 0.2) is 0 Å². The molecule has 2 rings (SSSR count). The lowest BCUT2D eigenvalue weighted by Gasteiger charge is -2.21. The highest BCUT2D eigenvalue weighted by Crippen LogP contribution is 2.35. The van der Waals surface area contributed by atoms with E-state index in [1.165, 1.54) is 11.8 Å². The normalized spacial score (nSPS) is 13.4. The molecular formula is C20H26N2O5S. The summed E-state index contributed by atoms with van der Waals surface area (Å²) in [6, 6.07) is 4.71. The van der Waals surface area contributed by atoms with Gasteiger partial charge in [-0.05, 0) is 37.3 Å². The molecule has 0 aliphatic heterocycles. The van der Waals surface area contributed by atoms with E-state index < -0.39 is 23.2 Å². The molecule has 0 aliphatic rings. The van der Waals surface area contributed by atoms with Crippen molar-refractivity contribution in [2.75, 3.05) is 0 Å². The molecular weight excluding hydrogens is 380 g/mol. The summed E-state index contributed by atoms with van der Waals surface area (Å²) >= 11 is 1.40. The topological polar surface area (TPSA) is 119 Å². The third-order valence-electron chi connectivity index (χ3n) is 4.39. The molecule has 8 heteroatoms. The van der Waals surface area contributed by atoms with Gasteiger partial charge in [0.05, 0.1) is 5.25 Å². The number of aryl methyl sites for hydroxylation is 1. The summed E-state index contributed by atoms with van der Waals surface area (Å²) in [5.41, 5.74) is 2.07. The minimum Gasteiger partial charge on any atom is -0.481 e. The molecule has 0 radical (unpaired) electrons. The zero-order valence-electron chi connectivity index (χ0n) is 16.2. The Morgan fingerprint density at radius 2 is 1.93 bits per heavy atom. The number of aromatic amines is 1. The van der Waals surface area contributed by atoms with Crippen LogP contribution < -0.4 is 5.32 Å². The fourth-order valence-electron chi connectivity index (χ4n) is 3.00. The first-order chi connectivity index (χ1) is 13.2. The van der Waals surface area contributed by atoms with E-state index in [4.69, 9.17) is 5.11 Å². The Balaban J connectivity index is 2.20. The number of benzene rings is 1. The number of carbonyl (C=O) groups excluding carboxylic acids is 1. The van der Waals surface area contributed by atoms with Crippen molar-refractivity contribution in [1.29, 1.82) is 0 Å². The molecule has 2 atom stereocenters. The van der Waals surface area contributed by atoms with Gasteiger partial charge in [0.1, 0.15) is 6.04 Å². The maximum Gasteiger partial charge on any atom is 0.326 e. The van der Waals surface area contributed by atoms with Crippen molar-refractivity contribution < 1.29 is 24.6 Å². The molecule has 1 heterocycles. The number of carboxylic acid groups (broad SMARTS) is 2. The van der Waals surface area contributed by atoms with Gasteiger partial charge >= 0.3 is 11.9 Å². The number of nitrogens with one attached hydrogen (secondary N) is 2. The van der Waals surface area contributed by atoms with Crippen molar-refractivity contribution in [3.8, 4) is 0 Å². The zero-order valence-corrected chi connectivity index (χ0v) is 17.0. The van der Waals surface area contributed by atoms with Gasteiger partial charge in [-0.25, -0.2) is 4.79 Å².